The van der Waals surface area contributed by atoms with Crippen LogP contribution in [-0.4, -0.2) is 95.5 Å². The summed E-state index contributed by atoms with van der Waals surface area (Å²) in [7, 11) is 2.54. The number of aromatic amines is 1. The highest BCUT2D eigenvalue weighted by Gasteiger charge is 2.38. The maximum atomic E-state index is 14.2. The maximum Gasteiger partial charge on any atom is 0.407 e. The quantitative estimate of drug-likeness (QED) is 0.0820. The third-order valence-corrected chi connectivity index (χ3v) is 12.1. The van der Waals surface area contributed by atoms with Crippen LogP contribution in [0.1, 0.15) is 81.5 Å². The van der Waals surface area contributed by atoms with Crippen molar-refractivity contribution in [3.63, 3.8) is 0 Å². The highest BCUT2D eigenvalue weighted by Crippen LogP contribution is 2.34. The van der Waals surface area contributed by atoms with Gasteiger partial charge < -0.3 is 40.2 Å². The minimum atomic E-state index is -1.01. The van der Waals surface area contributed by atoms with Crippen LogP contribution in [0.5, 0.6) is 0 Å². The molecule has 3 heterocycles. The molecule has 2 aliphatic rings. The van der Waals surface area contributed by atoms with Crippen LogP contribution in [0, 0.1) is 17.2 Å². The summed E-state index contributed by atoms with van der Waals surface area (Å²) in [6, 6.07) is 29.7. The summed E-state index contributed by atoms with van der Waals surface area (Å²) in [5.74, 6) is 0.764. The normalized spacial score (nSPS) is 17.1. The Hall–Kier alpha value is -7.21. The first-order valence-corrected chi connectivity index (χ1v) is 21.8. The van der Waals surface area contributed by atoms with Crippen LogP contribution < -0.4 is 16.0 Å². The fourth-order valence-electron chi connectivity index (χ4n) is 8.63. The minimum absolute atomic E-state index is 0.114. The molecule has 0 bridgehead atoms. The molecule has 7 rings (SSSR count). The number of nitriles is 1. The molecule has 1 unspecified atom stereocenters. The third-order valence-electron chi connectivity index (χ3n) is 12.1. The summed E-state index contributed by atoms with van der Waals surface area (Å²) in [4.78, 5) is 68.7. The number of benzene rings is 4. The number of ether oxygens (including phenoxy) is 2. The molecule has 1 saturated heterocycles. The van der Waals surface area contributed by atoms with Gasteiger partial charge in [-0.25, -0.2) is 14.6 Å². The molecule has 5 aromatic rings. The Bertz CT molecular complexity index is 2530. The van der Waals surface area contributed by atoms with Gasteiger partial charge >= 0.3 is 12.2 Å². The predicted molar refractivity (Wildman–Crippen MR) is 244 cm³/mol. The Morgan fingerprint density at radius 2 is 1.59 bits per heavy atom. The number of likely N-dealkylation sites (tertiary alicyclic amines) is 1. The average molecular weight is 866 g/mol. The molecule has 0 saturated carbocycles. The summed E-state index contributed by atoms with van der Waals surface area (Å²) in [6.45, 7) is 7.00. The first kappa shape index (κ1) is 44.8. The molecular weight excluding hydrogens is 811 g/mol. The fourth-order valence-corrected chi connectivity index (χ4v) is 8.63. The smallest absolute Gasteiger partial charge is 0.407 e. The Morgan fingerprint density at radius 3 is 2.30 bits per heavy atom. The van der Waals surface area contributed by atoms with Gasteiger partial charge in [-0.3, -0.25) is 14.6 Å². The van der Waals surface area contributed by atoms with Gasteiger partial charge in [0.15, 0.2) is 0 Å². The monoisotopic (exact) mass is 865 g/mol. The Balaban J connectivity index is 1.02. The molecular formula is C49H55N9O6. The van der Waals surface area contributed by atoms with Crippen LogP contribution in [0.3, 0.4) is 0 Å². The van der Waals surface area contributed by atoms with Crippen LogP contribution >= 0.6 is 0 Å². The Labute approximate surface area is 373 Å². The van der Waals surface area contributed by atoms with E-state index in [1.54, 1.807) is 40.3 Å². The van der Waals surface area contributed by atoms with Crippen molar-refractivity contribution < 1.29 is 28.7 Å². The van der Waals surface area contributed by atoms with Gasteiger partial charge in [-0.2, -0.15) is 5.26 Å². The number of carbonyl (C=O) groups is 4. The fraction of sp³-hybridized carbons (Fsp3) is 0.367. The highest BCUT2D eigenvalue weighted by atomic mass is 16.5. The number of imidazole rings is 1. The van der Waals surface area contributed by atoms with E-state index in [9.17, 15) is 24.4 Å². The number of fused-ring (bicyclic) bond motifs is 1. The van der Waals surface area contributed by atoms with Crippen molar-refractivity contribution in [2.24, 2.45) is 10.9 Å². The summed E-state index contributed by atoms with van der Waals surface area (Å²) in [5, 5.41) is 20.7. The number of rotatable bonds is 15. The lowest BCUT2D eigenvalue weighted by atomic mass is 9.97. The van der Waals surface area contributed by atoms with Crippen molar-refractivity contribution in [1.29, 1.82) is 5.26 Å². The largest absolute Gasteiger partial charge is 0.453 e. The number of H-pyrrole nitrogens is 1. The molecule has 4 aromatic carbocycles. The molecule has 4 N–H and O–H groups in total. The summed E-state index contributed by atoms with van der Waals surface area (Å²) >= 11 is 0. The number of nitrogens with one attached hydrogen (secondary N) is 4. The van der Waals surface area contributed by atoms with Crippen LogP contribution in [0.15, 0.2) is 102 Å². The van der Waals surface area contributed by atoms with Gasteiger partial charge in [0.05, 0.1) is 63.3 Å². The number of hydrogen-bond acceptors (Lipinski definition) is 10. The zero-order chi connectivity index (χ0) is 45.3. The molecule has 15 nitrogen and oxygen atoms in total. The molecule has 0 spiro atoms. The second-order valence-electron chi connectivity index (χ2n) is 16.4. The molecule has 0 aliphatic carbocycles. The van der Waals surface area contributed by atoms with Gasteiger partial charge in [-0.05, 0) is 75.9 Å². The van der Waals surface area contributed by atoms with E-state index in [1.165, 1.54) is 14.2 Å². The average Bonchev–Trinajstić information content (AvgIpc) is 4.13. The van der Waals surface area contributed by atoms with E-state index in [4.69, 9.17) is 19.5 Å². The molecule has 1 fully saturated rings. The third kappa shape index (κ3) is 9.86. The standard InChI is InChI=1S/C49H55N9O6/c1-6-40(57(25-11-23-50)47(60)43(56-49(62)64-5)33-12-8-7-9-13-33)44-51-29-39(54-44)37-22-21-35-26-34(19-20-36(35)27-37)31-15-17-32(18-16-31)38-28-52-45(53-38)41-14-10-24-58(41)46(59)42(30(2)3)55-48(61)63-4/h7-9,12-13,15-22,26-28,30,39-43H,6,10-11,14,24-25,29H2,1-5H3,(H,51,54)(H,52,53)(H,55,61)(H,56,62)/t39?,40-,41-,42-,43+/m0/s1. The molecule has 2 aliphatic heterocycles. The Morgan fingerprint density at radius 1 is 0.906 bits per heavy atom. The second-order valence-corrected chi connectivity index (χ2v) is 16.4. The number of aromatic nitrogens is 2. The summed E-state index contributed by atoms with van der Waals surface area (Å²) < 4.78 is 9.62. The number of methoxy groups -OCH3 is 2. The predicted octanol–water partition coefficient (Wildman–Crippen LogP) is 7.60. The lowest BCUT2D eigenvalue weighted by Gasteiger charge is -2.34. The van der Waals surface area contributed by atoms with E-state index in [1.807, 2.05) is 26.8 Å². The topological polar surface area (TPSA) is 194 Å². The van der Waals surface area contributed by atoms with E-state index < -0.39 is 30.3 Å². The van der Waals surface area contributed by atoms with Crippen molar-refractivity contribution in [2.45, 2.75) is 76.7 Å². The van der Waals surface area contributed by atoms with Gasteiger partial charge in [0.1, 0.15) is 23.7 Å². The van der Waals surface area contributed by atoms with Crippen LogP contribution in [-0.2, 0) is 19.1 Å². The number of carbonyl (C=O) groups excluding carboxylic acids is 4. The van der Waals surface area contributed by atoms with Gasteiger partial charge in [-0.15, -0.1) is 0 Å². The lowest BCUT2D eigenvalue weighted by molar-refractivity contribution is -0.136. The zero-order valence-electron chi connectivity index (χ0n) is 36.8. The SMILES string of the molecule is CC[C@@H](C1=NCC(c2ccc3cc(-c4ccc(-c5cnc([C@@H]6CCCN6C(=O)[C@@H](NC(=O)OC)C(C)C)[nH]5)cc4)ccc3c2)N1)N(CCC#N)C(=O)[C@H](NC(=O)OC)c1ccccc1. The van der Waals surface area contributed by atoms with Crippen LogP contribution in [0.2, 0.25) is 0 Å². The number of amidine groups is 1. The lowest BCUT2D eigenvalue weighted by Crippen LogP contribution is -2.52. The summed E-state index contributed by atoms with van der Waals surface area (Å²) in [5.41, 5.74) is 5.62. The number of amides is 4. The molecule has 332 valence electrons. The molecule has 0 radical (unpaired) electrons. The number of aliphatic imine (C=N–C) groups is 1. The second kappa shape index (κ2) is 20.3. The molecule has 1 aromatic heterocycles. The van der Waals surface area contributed by atoms with E-state index in [2.05, 4.69) is 87.7 Å². The first-order chi connectivity index (χ1) is 31.0. The van der Waals surface area contributed by atoms with Crippen LogP contribution in [0.4, 0.5) is 9.59 Å². The van der Waals surface area contributed by atoms with Crippen molar-refractivity contribution >= 4 is 40.6 Å². The van der Waals surface area contributed by atoms with Gasteiger partial charge in [-0.1, -0.05) is 99.6 Å². The number of nitrogens with zero attached hydrogens (tertiary/aromatic N) is 5. The van der Waals surface area contributed by atoms with Crippen LogP contribution in [0.25, 0.3) is 33.2 Å². The zero-order valence-corrected chi connectivity index (χ0v) is 36.8. The minimum Gasteiger partial charge on any atom is -0.453 e. The molecule has 4 amide bonds. The first-order valence-electron chi connectivity index (χ1n) is 21.8. The Kier molecular flexibility index (Phi) is 14.2. The number of alkyl carbamates (subject to hydrolysis) is 2. The van der Waals surface area contributed by atoms with E-state index in [0.717, 1.165) is 57.4 Å². The van der Waals surface area contributed by atoms with Crippen molar-refractivity contribution in [1.82, 2.24) is 35.7 Å². The van der Waals surface area contributed by atoms with E-state index in [-0.39, 0.29) is 42.8 Å². The maximum absolute atomic E-state index is 14.2. The van der Waals surface area contributed by atoms with Gasteiger partial charge in [0.25, 0.3) is 5.91 Å². The number of hydrogen-bond donors (Lipinski definition) is 4. The van der Waals surface area contributed by atoms with Gasteiger partial charge in [0.2, 0.25) is 5.91 Å². The molecule has 64 heavy (non-hydrogen) atoms. The molecule has 15 heteroatoms. The van der Waals surface area contributed by atoms with Gasteiger partial charge in [0, 0.05) is 13.1 Å². The van der Waals surface area contributed by atoms with Crippen molar-refractivity contribution in [2.75, 3.05) is 33.9 Å². The summed E-state index contributed by atoms with van der Waals surface area (Å²) in [6.07, 6.45) is 2.71. The van der Waals surface area contributed by atoms with E-state index in [0.29, 0.717) is 30.9 Å². The highest BCUT2D eigenvalue weighted by molar-refractivity contribution is 5.96. The molecule has 5 atom stereocenters. The van der Waals surface area contributed by atoms with E-state index >= 15 is 0 Å². The van der Waals surface area contributed by atoms with Crippen molar-refractivity contribution in [3.05, 3.63) is 114 Å². The van der Waals surface area contributed by atoms with Crippen molar-refractivity contribution in [3.8, 4) is 28.5 Å².